The van der Waals surface area contributed by atoms with Gasteiger partial charge in [-0.15, -0.1) is 0 Å². The van der Waals surface area contributed by atoms with Gasteiger partial charge < -0.3 is 13.7 Å². The number of hydrogen-bond donors (Lipinski definition) is 0. The summed E-state index contributed by atoms with van der Waals surface area (Å²) in [7, 11) is 1.91. The predicted octanol–water partition coefficient (Wildman–Crippen LogP) is 5.98. The van der Waals surface area contributed by atoms with Crippen molar-refractivity contribution in [1.82, 2.24) is 9.55 Å². The number of rotatable bonds is 4. The maximum absolute atomic E-state index is 13.8. The first-order valence-electron chi connectivity index (χ1n) is 11.3. The molecule has 6 nitrogen and oxygen atoms in total. The average Bonchev–Trinajstić information content (AvgIpc) is 3.08. The first kappa shape index (κ1) is 22.8. The lowest BCUT2D eigenvalue weighted by Gasteiger charge is -2.19. The number of aromatic nitrogens is 2. The largest absolute Gasteiger partial charge is 0.460 e. The van der Waals surface area contributed by atoms with E-state index in [4.69, 9.17) is 14.1 Å². The Morgan fingerprint density at radius 1 is 1.18 bits per heavy atom. The van der Waals surface area contributed by atoms with Gasteiger partial charge >= 0.3 is 5.97 Å². The van der Waals surface area contributed by atoms with Crippen LogP contribution >= 0.6 is 0 Å². The van der Waals surface area contributed by atoms with Gasteiger partial charge in [0.1, 0.15) is 28.5 Å². The van der Waals surface area contributed by atoms with Crippen LogP contribution in [0.15, 0.2) is 45.6 Å². The Hall–Kier alpha value is -3.41. The number of fused-ring (bicyclic) bond motifs is 2. The van der Waals surface area contributed by atoms with Crippen molar-refractivity contribution in [2.45, 2.75) is 53.9 Å². The molecule has 2 aromatic heterocycles. The Morgan fingerprint density at radius 3 is 2.48 bits per heavy atom. The summed E-state index contributed by atoms with van der Waals surface area (Å²) < 4.78 is 13.9. The maximum Gasteiger partial charge on any atom is 0.316 e. The molecule has 4 rings (SSSR count). The van der Waals surface area contributed by atoms with Crippen molar-refractivity contribution in [3.8, 4) is 17.1 Å². The van der Waals surface area contributed by atoms with Gasteiger partial charge in [-0.2, -0.15) is 0 Å². The van der Waals surface area contributed by atoms with Crippen LogP contribution in [0.4, 0.5) is 0 Å². The van der Waals surface area contributed by atoms with Crippen molar-refractivity contribution < 1.29 is 13.9 Å². The van der Waals surface area contributed by atoms with E-state index in [-0.39, 0.29) is 17.3 Å². The van der Waals surface area contributed by atoms with Crippen molar-refractivity contribution in [1.29, 1.82) is 0 Å². The number of hydrogen-bond acceptors (Lipinski definition) is 5. The number of carbonyl (C=O) groups excluding carboxylic acids is 1. The highest BCUT2D eigenvalue weighted by Gasteiger charge is 2.27. The third-order valence-corrected chi connectivity index (χ3v) is 5.83. The Kier molecular flexibility index (Phi) is 5.64. The van der Waals surface area contributed by atoms with E-state index in [0.29, 0.717) is 40.3 Å². The number of para-hydroxylation sites is 2. The quantitative estimate of drug-likeness (QED) is 0.285. The molecule has 0 aliphatic carbocycles. The minimum Gasteiger partial charge on any atom is -0.460 e. The van der Waals surface area contributed by atoms with Crippen molar-refractivity contribution in [2.75, 3.05) is 0 Å². The lowest BCUT2D eigenvalue weighted by atomic mass is 9.97. The van der Waals surface area contributed by atoms with E-state index < -0.39 is 5.41 Å². The van der Waals surface area contributed by atoms with Crippen LogP contribution in [0.2, 0.25) is 0 Å². The van der Waals surface area contributed by atoms with Crippen LogP contribution in [0, 0.1) is 5.41 Å². The molecule has 33 heavy (non-hydrogen) atoms. The number of nitrogens with zero attached hydrogens (tertiary/aromatic N) is 2. The molecule has 0 N–H and O–H groups in total. The molecule has 0 saturated carbocycles. The summed E-state index contributed by atoms with van der Waals surface area (Å²) in [5, 5.41) is 0.453. The summed E-state index contributed by atoms with van der Waals surface area (Å²) in [4.78, 5) is 31.1. The number of carbonyl (C=O) groups is 1. The summed E-state index contributed by atoms with van der Waals surface area (Å²) in [6.07, 6.45) is 0.607. The SMILES string of the molecule is CCc1cc2c(=O)c(-c3nc4ccccc4n3C)c(C(C)C)oc2cc1OC(=O)C(C)(C)C. The predicted molar refractivity (Wildman–Crippen MR) is 131 cm³/mol. The topological polar surface area (TPSA) is 74.3 Å². The standard InChI is InChI=1S/C27H30N2O4/c1-8-16-13-17-21(14-20(16)33-26(31)27(4,5)6)32-24(15(2)3)22(23(17)30)25-28-18-11-9-10-12-19(18)29(25)7/h9-15H,8H2,1-7H3. The van der Waals surface area contributed by atoms with Crippen LogP contribution in [-0.4, -0.2) is 15.5 Å². The zero-order valence-electron chi connectivity index (χ0n) is 20.3. The number of esters is 1. The normalized spacial score (nSPS) is 12.1. The molecule has 0 radical (unpaired) electrons. The molecule has 0 fully saturated rings. The molecule has 4 aromatic rings. The van der Waals surface area contributed by atoms with Crippen LogP contribution in [0.1, 0.15) is 58.8 Å². The highest BCUT2D eigenvalue weighted by atomic mass is 16.5. The second-order valence-electron chi connectivity index (χ2n) is 9.76. The first-order valence-corrected chi connectivity index (χ1v) is 11.3. The molecule has 0 unspecified atom stereocenters. The molecule has 6 heteroatoms. The molecule has 172 valence electrons. The van der Waals surface area contributed by atoms with Crippen LogP contribution in [0.3, 0.4) is 0 Å². The monoisotopic (exact) mass is 446 g/mol. The second-order valence-corrected chi connectivity index (χ2v) is 9.76. The van der Waals surface area contributed by atoms with Crippen molar-refractivity contribution >= 4 is 28.0 Å². The Labute approximate surface area is 193 Å². The summed E-state index contributed by atoms with van der Waals surface area (Å²) >= 11 is 0. The Morgan fingerprint density at radius 2 is 1.88 bits per heavy atom. The lowest BCUT2D eigenvalue weighted by Crippen LogP contribution is -2.26. The highest BCUT2D eigenvalue weighted by Crippen LogP contribution is 2.34. The van der Waals surface area contributed by atoms with Gasteiger partial charge in [-0.3, -0.25) is 9.59 Å². The van der Waals surface area contributed by atoms with E-state index in [1.807, 2.05) is 77.4 Å². The molecular weight excluding hydrogens is 416 g/mol. The van der Waals surface area contributed by atoms with E-state index in [0.717, 1.165) is 16.6 Å². The van der Waals surface area contributed by atoms with Gasteiger partial charge in [0, 0.05) is 19.0 Å². The van der Waals surface area contributed by atoms with E-state index in [2.05, 4.69) is 0 Å². The van der Waals surface area contributed by atoms with E-state index >= 15 is 0 Å². The van der Waals surface area contributed by atoms with Gasteiger partial charge in [0.2, 0.25) is 5.43 Å². The zero-order chi connectivity index (χ0) is 24.1. The minimum atomic E-state index is -0.645. The number of ether oxygens (including phenoxy) is 1. The van der Waals surface area contributed by atoms with Gasteiger partial charge in [-0.1, -0.05) is 32.9 Å². The number of imidazole rings is 1. The molecule has 2 aromatic carbocycles. The molecule has 0 bridgehead atoms. The van der Waals surface area contributed by atoms with Crippen LogP contribution < -0.4 is 10.2 Å². The summed E-state index contributed by atoms with van der Waals surface area (Å²) in [5.74, 6) is 1.18. The van der Waals surface area contributed by atoms with E-state index in [1.54, 1.807) is 12.1 Å². The zero-order valence-corrected chi connectivity index (χ0v) is 20.3. The maximum atomic E-state index is 13.8. The molecule has 0 spiro atoms. The molecule has 0 saturated heterocycles. The third kappa shape index (κ3) is 3.94. The van der Waals surface area contributed by atoms with Crippen molar-refractivity contribution in [3.63, 3.8) is 0 Å². The molecular formula is C27H30N2O4. The Balaban J connectivity index is 1.99. The molecule has 0 aliphatic rings. The number of benzene rings is 2. The van der Waals surface area contributed by atoms with Gasteiger partial charge in [-0.25, -0.2) is 4.98 Å². The van der Waals surface area contributed by atoms with Gasteiger partial charge in [0.05, 0.1) is 21.8 Å². The van der Waals surface area contributed by atoms with E-state index in [9.17, 15) is 9.59 Å². The molecule has 0 amide bonds. The second kappa shape index (κ2) is 8.18. The lowest BCUT2D eigenvalue weighted by molar-refractivity contribution is -0.143. The van der Waals surface area contributed by atoms with E-state index in [1.165, 1.54) is 0 Å². The average molecular weight is 447 g/mol. The smallest absolute Gasteiger partial charge is 0.316 e. The van der Waals surface area contributed by atoms with Gasteiger partial charge in [-0.05, 0) is 51.0 Å². The van der Waals surface area contributed by atoms with Gasteiger partial charge in [0.25, 0.3) is 0 Å². The summed E-state index contributed by atoms with van der Waals surface area (Å²) in [5.41, 5.74) is 2.64. The summed E-state index contributed by atoms with van der Waals surface area (Å²) in [6.45, 7) is 11.4. The molecule has 0 atom stereocenters. The van der Waals surface area contributed by atoms with Crippen LogP contribution in [-0.2, 0) is 18.3 Å². The third-order valence-electron chi connectivity index (χ3n) is 5.83. The number of aryl methyl sites for hydroxylation is 2. The summed E-state index contributed by atoms with van der Waals surface area (Å²) in [6, 6.07) is 11.2. The van der Waals surface area contributed by atoms with Crippen molar-refractivity contribution in [3.05, 3.63) is 57.9 Å². The van der Waals surface area contributed by atoms with Crippen LogP contribution in [0.25, 0.3) is 33.4 Å². The van der Waals surface area contributed by atoms with Crippen LogP contribution in [0.5, 0.6) is 5.75 Å². The van der Waals surface area contributed by atoms with Crippen molar-refractivity contribution in [2.24, 2.45) is 12.5 Å². The fraction of sp³-hybridized carbons (Fsp3) is 0.370. The fourth-order valence-corrected chi connectivity index (χ4v) is 3.90. The van der Waals surface area contributed by atoms with Gasteiger partial charge in [0.15, 0.2) is 0 Å². The molecule has 2 heterocycles. The first-order chi connectivity index (χ1) is 15.5. The highest BCUT2D eigenvalue weighted by molar-refractivity contribution is 5.87. The Bertz CT molecular complexity index is 1430. The minimum absolute atomic E-state index is 0.0525. The fourth-order valence-electron chi connectivity index (χ4n) is 3.90. The molecule has 0 aliphatic heterocycles.